The van der Waals surface area contributed by atoms with Crippen molar-refractivity contribution in [3.8, 4) is 44.5 Å². The summed E-state index contributed by atoms with van der Waals surface area (Å²) >= 11 is 1.87. The molecule has 66 heavy (non-hydrogen) atoms. The Kier molecular flexibility index (Phi) is 8.78. The van der Waals surface area contributed by atoms with E-state index < -0.39 is 0 Å². The molecular formula is C64H53NS. The number of nitrogens with zero attached hydrogens (tertiary/aromatic N) is 1. The number of hydrogen-bond acceptors (Lipinski definition) is 2. The maximum Gasteiger partial charge on any atom is 0.0468 e. The van der Waals surface area contributed by atoms with Gasteiger partial charge in [-0.05, 0) is 168 Å². The number of thiophene rings is 1. The smallest absolute Gasteiger partial charge is 0.0468 e. The largest absolute Gasteiger partial charge is 0.310 e. The monoisotopic (exact) mass is 867 g/mol. The number of anilines is 3. The van der Waals surface area contributed by atoms with E-state index in [1.165, 1.54) is 108 Å². The van der Waals surface area contributed by atoms with Crippen molar-refractivity contribution in [2.45, 2.75) is 76.0 Å². The summed E-state index contributed by atoms with van der Waals surface area (Å²) in [7, 11) is 0. The van der Waals surface area contributed by atoms with Gasteiger partial charge in [-0.2, -0.15) is 0 Å². The molecule has 1 aromatic heterocycles. The molecule has 13 rings (SSSR count). The Labute approximate surface area is 393 Å². The lowest BCUT2D eigenvalue weighted by molar-refractivity contribution is 0.403. The van der Waals surface area contributed by atoms with Crippen molar-refractivity contribution < 1.29 is 0 Å². The highest BCUT2D eigenvalue weighted by molar-refractivity contribution is 7.25. The fraction of sp³-hybridized carbons (Fsp3) is 0.188. The van der Waals surface area contributed by atoms with Crippen molar-refractivity contribution >= 4 is 59.3 Å². The van der Waals surface area contributed by atoms with Gasteiger partial charge in [-0.15, -0.1) is 11.3 Å². The first kappa shape index (κ1) is 39.6. The van der Waals surface area contributed by atoms with Gasteiger partial charge in [-0.25, -0.2) is 0 Å². The maximum atomic E-state index is 2.67. The first-order valence-electron chi connectivity index (χ1n) is 24.0. The van der Waals surface area contributed by atoms with E-state index in [2.05, 4.69) is 221 Å². The van der Waals surface area contributed by atoms with Gasteiger partial charge in [0, 0.05) is 42.6 Å². The molecule has 0 saturated heterocycles. The second-order valence-corrected chi connectivity index (χ2v) is 21.8. The summed E-state index contributed by atoms with van der Waals surface area (Å²) in [4.78, 5) is 2.44. The van der Waals surface area contributed by atoms with E-state index in [1.54, 1.807) is 22.3 Å². The molecule has 0 radical (unpaired) electrons. The summed E-state index contributed by atoms with van der Waals surface area (Å²) in [6.45, 7) is 9.82. The predicted molar refractivity (Wildman–Crippen MR) is 283 cm³/mol. The minimum absolute atomic E-state index is 0.125. The van der Waals surface area contributed by atoms with Gasteiger partial charge in [0.2, 0.25) is 0 Å². The first-order valence-corrected chi connectivity index (χ1v) is 24.8. The Hall–Kier alpha value is -6.74. The van der Waals surface area contributed by atoms with Crippen LogP contribution < -0.4 is 4.90 Å². The molecule has 1 heterocycles. The zero-order chi connectivity index (χ0) is 44.4. The van der Waals surface area contributed by atoms with Crippen LogP contribution in [0.15, 0.2) is 188 Å². The molecule has 1 nitrogen and oxygen atoms in total. The molecule has 10 aromatic rings. The highest BCUT2D eigenvalue weighted by Gasteiger charge is 2.49. The minimum Gasteiger partial charge on any atom is -0.310 e. The lowest BCUT2D eigenvalue weighted by atomic mass is 9.74. The number of fused-ring (bicyclic) bond motifs is 10. The molecule has 0 unspecified atom stereocenters. The molecule has 0 atom stereocenters. The molecular weight excluding hydrogens is 815 g/mol. The van der Waals surface area contributed by atoms with Crippen molar-refractivity contribution in [3.63, 3.8) is 0 Å². The van der Waals surface area contributed by atoms with Crippen LogP contribution in [0.3, 0.4) is 0 Å². The third kappa shape index (κ3) is 6.11. The van der Waals surface area contributed by atoms with Crippen LogP contribution in [0.2, 0.25) is 0 Å². The van der Waals surface area contributed by atoms with Crippen LogP contribution >= 0.6 is 11.3 Å². The van der Waals surface area contributed by atoms with Crippen LogP contribution in [0, 0.1) is 0 Å². The maximum absolute atomic E-state index is 2.67. The Morgan fingerprint density at radius 3 is 1.73 bits per heavy atom. The summed E-state index contributed by atoms with van der Waals surface area (Å²) in [5.74, 6) is 0. The molecule has 0 bridgehead atoms. The van der Waals surface area contributed by atoms with Crippen molar-refractivity contribution in [2.75, 3.05) is 4.90 Å². The zero-order valence-corrected chi connectivity index (χ0v) is 39.1. The van der Waals surface area contributed by atoms with Crippen molar-refractivity contribution in [1.29, 1.82) is 0 Å². The van der Waals surface area contributed by atoms with Gasteiger partial charge < -0.3 is 4.90 Å². The highest BCUT2D eigenvalue weighted by atomic mass is 32.1. The van der Waals surface area contributed by atoms with Crippen molar-refractivity contribution in [2.24, 2.45) is 0 Å². The summed E-state index contributed by atoms with van der Waals surface area (Å²) in [5, 5.41) is 5.11. The average molecular weight is 868 g/mol. The summed E-state index contributed by atoms with van der Waals surface area (Å²) < 4.78 is 2.62. The zero-order valence-electron chi connectivity index (χ0n) is 38.3. The van der Waals surface area contributed by atoms with Gasteiger partial charge in [0.1, 0.15) is 0 Å². The second kappa shape index (κ2) is 14.6. The second-order valence-electron chi connectivity index (χ2n) is 20.8. The first-order chi connectivity index (χ1) is 32.1. The van der Waals surface area contributed by atoms with E-state index in [1.807, 2.05) is 11.3 Å². The van der Waals surface area contributed by atoms with Gasteiger partial charge in [0.05, 0.1) is 0 Å². The molecule has 9 aromatic carbocycles. The van der Waals surface area contributed by atoms with E-state index in [0.29, 0.717) is 0 Å². The van der Waals surface area contributed by atoms with Crippen molar-refractivity contribution in [1.82, 2.24) is 0 Å². The number of benzene rings is 9. The van der Waals surface area contributed by atoms with Crippen LogP contribution in [0.4, 0.5) is 17.1 Å². The highest BCUT2D eigenvalue weighted by Crippen LogP contribution is 2.61. The Bertz CT molecular complexity index is 3570. The Morgan fingerprint density at radius 2 is 0.955 bits per heavy atom. The standard InChI is InChI=1S/C64H53NS/c1-62(2)40-63(3,4)59-39-57-54(38-58(59)62)52-30-28-45(36-56(52)64(57)32-9-10-33-64)42-26-24-41(25-27-42)44-16-11-18-47(34-44)65(49-29-31-61-55(37-49)53-21-7-8-23-60(53)66-61)48-19-12-17-46(35-48)51-22-13-15-43-14-5-6-20-50(43)51/h5-8,11-31,34-39H,9-10,32-33,40H2,1-4H3. The van der Waals surface area contributed by atoms with Crippen LogP contribution in [-0.4, -0.2) is 0 Å². The molecule has 3 aliphatic carbocycles. The molecule has 2 heteroatoms. The summed E-state index contributed by atoms with van der Waals surface area (Å²) in [5.41, 5.74) is 20.6. The normalized spacial score (nSPS) is 16.2. The summed E-state index contributed by atoms with van der Waals surface area (Å²) in [6.07, 6.45) is 6.30. The molecule has 0 aliphatic heterocycles. The van der Waals surface area contributed by atoms with Gasteiger partial charge in [-0.3, -0.25) is 0 Å². The van der Waals surface area contributed by atoms with E-state index in [4.69, 9.17) is 0 Å². The predicted octanol–water partition coefficient (Wildman–Crippen LogP) is 18.5. The van der Waals surface area contributed by atoms with E-state index >= 15 is 0 Å². The fourth-order valence-corrected chi connectivity index (χ4v) is 14.0. The molecule has 0 amide bonds. The van der Waals surface area contributed by atoms with Gasteiger partial charge in [0.25, 0.3) is 0 Å². The third-order valence-electron chi connectivity index (χ3n) is 15.8. The fourth-order valence-electron chi connectivity index (χ4n) is 12.9. The lowest BCUT2D eigenvalue weighted by Gasteiger charge is -2.29. The SMILES string of the molecule is CC1(C)CC(C)(C)c2cc3c(cc21)-c1ccc(-c2ccc(-c4cccc(N(c5cccc(-c6cccc7ccccc67)c5)c5ccc6sc7ccccc7c6c5)c4)cc2)cc1C31CCCC1. The molecule has 0 N–H and O–H groups in total. The molecule has 1 spiro atoms. The average Bonchev–Trinajstić information content (AvgIpc) is 4.09. The van der Waals surface area contributed by atoms with Crippen LogP contribution in [0.25, 0.3) is 75.5 Å². The number of rotatable bonds is 6. The topological polar surface area (TPSA) is 3.24 Å². The molecule has 320 valence electrons. The van der Waals surface area contributed by atoms with E-state index in [0.717, 1.165) is 17.1 Å². The van der Waals surface area contributed by atoms with Gasteiger partial charge in [0.15, 0.2) is 0 Å². The van der Waals surface area contributed by atoms with Crippen LogP contribution in [-0.2, 0) is 16.2 Å². The Balaban J connectivity index is 0.881. The quantitative estimate of drug-likeness (QED) is 0.161. The summed E-state index contributed by atoms with van der Waals surface area (Å²) in [6, 6.07) is 71.3. The Morgan fingerprint density at radius 1 is 0.379 bits per heavy atom. The minimum atomic E-state index is 0.125. The van der Waals surface area contributed by atoms with Crippen LogP contribution in [0.1, 0.15) is 82.1 Å². The molecule has 1 saturated carbocycles. The van der Waals surface area contributed by atoms with E-state index in [-0.39, 0.29) is 16.2 Å². The van der Waals surface area contributed by atoms with Gasteiger partial charge >= 0.3 is 0 Å². The van der Waals surface area contributed by atoms with Gasteiger partial charge in [-0.1, -0.05) is 168 Å². The molecule has 3 aliphatic rings. The van der Waals surface area contributed by atoms with E-state index in [9.17, 15) is 0 Å². The van der Waals surface area contributed by atoms with Crippen LogP contribution in [0.5, 0.6) is 0 Å². The molecule has 1 fully saturated rings. The number of hydrogen-bond donors (Lipinski definition) is 0. The third-order valence-corrected chi connectivity index (χ3v) is 16.9. The lowest BCUT2D eigenvalue weighted by Crippen LogP contribution is -2.22. The van der Waals surface area contributed by atoms with Crippen molar-refractivity contribution in [3.05, 3.63) is 210 Å².